The van der Waals surface area contributed by atoms with E-state index >= 15 is 0 Å². The molecule has 1 aliphatic heterocycles. The Morgan fingerprint density at radius 2 is 2.14 bits per heavy atom. The molecule has 0 amide bonds. The lowest BCUT2D eigenvalue weighted by atomic mass is 10.2. The van der Waals surface area contributed by atoms with Crippen LogP contribution in [0.25, 0.3) is 0 Å². The van der Waals surface area contributed by atoms with Crippen molar-refractivity contribution in [3.05, 3.63) is 48.2 Å². The number of nitrogens with one attached hydrogen (secondary N) is 1. The second kappa shape index (κ2) is 6.54. The fourth-order valence-electron chi connectivity index (χ4n) is 2.64. The molecule has 0 bridgehead atoms. The monoisotopic (exact) mass is 284 g/mol. The standard InChI is InChI=1S/C16H20N4O/c1-21-15-7-9-17-16(19-15)18-14-8-10-20(12-14)11-13-5-3-2-4-6-13/h2-7,9,14H,8,10-12H2,1H3,(H,17,18,19). The van der Waals surface area contributed by atoms with E-state index in [2.05, 4.69) is 50.5 Å². The second-order valence-electron chi connectivity index (χ2n) is 5.27. The molecule has 0 radical (unpaired) electrons. The van der Waals surface area contributed by atoms with Crippen molar-refractivity contribution < 1.29 is 4.74 Å². The lowest BCUT2D eigenvalue weighted by Crippen LogP contribution is -2.26. The maximum absolute atomic E-state index is 5.12. The van der Waals surface area contributed by atoms with Crippen molar-refractivity contribution in [2.45, 2.75) is 19.0 Å². The molecule has 1 N–H and O–H groups in total. The fraction of sp³-hybridized carbons (Fsp3) is 0.375. The van der Waals surface area contributed by atoms with Crippen molar-refractivity contribution in [2.75, 3.05) is 25.5 Å². The van der Waals surface area contributed by atoms with E-state index in [0.29, 0.717) is 17.9 Å². The molecule has 1 aromatic carbocycles. The maximum atomic E-state index is 5.12. The Hall–Kier alpha value is -2.14. The highest BCUT2D eigenvalue weighted by molar-refractivity contribution is 5.29. The Bertz CT molecular complexity index is 575. The summed E-state index contributed by atoms with van der Waals surface area (Å²) in [6.45, 7) is 3.10. The molecule has 1 saturated heterocycles. The molecule has 5 nitrogen and oxygen atoms in total. The molecular weight excluding hydrogens is 264 g/mol. The van der Waals surface area contributed by atoms with Gasteiger partial charge in [0.1, 0.15) is 0 Å². The van der Waals surface area contributed by atoms with E-state index in [1.54, 1.807) is 19.4 Å². The number of aromatic nitrogens is 2. The molecule has 1 fully saturated rings. The van der Waals surface area contributed by atoms with Gasteiger partial charge < -0.3 is 10.1 Å². The topological polar surface area (TPSA) is 50.3 Å². The first kappa shape index (κ1) is 13.8. The van der Waals surface area contributed by atoms with Gasteiger partial charge in [-0.3, -0.25) is 4.90 Å². The van der Waals surface area contributed by atoms with Crippen LogP contribution in [0, 0.1) is 0 Å². The molecule has 1 aromatic heterocycles. The fourth-order valence-corrected chi connectivity index (χ4v) is 2.64. The number of hydrogen-bond acceptors (Lipinski definition) is 5. The molecule has 1 aliphatic rings. The van der Waals surface area contributed by atoms with E-state index in [9.17, 15) is 0 Å². The third kappa shape index (κ3) is 3.70. The van der Waals surface area contributed by atoms with Gasteiger partial charge in [0.15, 0.2) is 0 Å². The molecular formula is C16H20N4O. The van der Waals surface area contributed by atoms with Gasteiger partial charge in [-0.15, -0.1) is 0 Å². The molecule has 0 aliphatic carbocycles. The highest BCUT2D eigenvalue weighted by atomic mass is 16.5. The van der Waals surface area contributed by atoms with Crippen molar-refractivity contribution in [3.8, 4) is 5.88 Å². The minimum atomic E-state index is 0.390. The SMILES string of the molecule is COc1ccnc(NC2CCN(Cc3ccccc3)C2)n1. The highest BCUT2D eigenvalue weighted by Crippen LogP contribution is 2.17. The van der Waals surface area contributed by atoms with E-state index in [0.717, 1.165) is 26.1 Å². The summed E-state index contributed by atoms with van der Waals surface area (Å²) < 4.78 is 5.12. The smallest absolute Gasteiger partial charge is 0.226 e. The predicted molar refractivity (Wildman–Crippen MR) is 82.3 cm³/mol. The van der Waals surface area contributed by atoms with Gasteiger partial charge in [-0.1, -0.05) is 30.3 Å². The Balaban J connectivity index is 1.54. The van der Waals surface area contributed by atoms with Crippen LogP contribution < -0.4 is 10.1 Å². The molecule has 2 heterocycles. The molecule has 2 aromatic rings. The maximum Gasteiger partial charge on any atom is 0.226 e. The highest BCUT2D eigenvalue weighted by Gasteiger charge is 2.22. The largest absolute Gasteiger partial charge is 0.481 e. The number of rotatable bonds is 5. The summed E-state index contributed by atoms with van der Waals surface area (Å²) in [4.78, 5) is 11.0. The number of benzene rings is 1. The van der Waals surface area contributed by atoms with E-state index in [4.69, 9.17) is 4.74 Å². The van der Waals surface area contributed by atoms with Gasteiger partial charge in [-0.2, -0.15) is 4.98 Å². The van der Waals surface area contributed by atoms with Gasteiger partial charge >= 0.3 is 0 Å². The first-order valence-electron chi connectivity index (χ1n) is 7.23. The van der Waals surface area contributed by atoms with Crippen molar-refractivity contribution in [3.63, 3.8) is 0 Å². The van der Waals surface area contributed by atoms with Crippen LogP contribution in [0.2, 0.25) is 0 Å². The van der Waals surface area contributed by atoms with Crippen molar-refractivity contribution in [1.29, 1.82) is 0 Å². The summed E-state index contributed by atoms with van der Waals surface area (Å²) in [7, 11) is 1.61. The Labute approximate surface area is 125 Å². The number of ether oxygens (including phenoxy) is 1. The van der Waals surface area contributed by atoms with Crippen LogP contribution in [0.4, 0.5) is 5.95 Å². The second-order valence-corrected chi connectivity index (χ2v) is 5.27. The number of hydrogen-bond donors (Lipinski definition) is 1. The zero-order valence-corrected chi connectivity index (χ0v) is 12.2. The average Bonchev–Trinajstić information content (AvgIpc) is 2.95. The average molecular weight is 284 g/mol. The third-order valence-electron chi connectivity index (χ3n) is 3.69. The van der Waals surface area contributed by atoms with Crippen LogP contribution in [0.1, 0.15) is 12.0 Å². The normalized spacial score (nSPS) is 18.6. The quantitative estimate of drug-likeness (QED) is 0.912. The van der Waals surface area contributed by atoms with Gasteiger partial charge in [0.25, 0.3) is 0 Å². The van der Waals surface area contributed by atoms with E-state index in [-0.39, 0.29) is 0 Å². The van der Waals surface area contributed by atoms with Crippen LogP contribution in [0.3, 0.4) is 0 Å². The van der Waals surface area contributed by atoms with Crippen molar-refractivity contribution in [2.24, 2.45) is 0 Å². The zero-order valence-electron chi connectivity index (χ0n) is 12.2. The number of methoxy groups -OCH3 is 1. The molecule has 5 heteroatoms. The van der Waals surface area contributed by atoms with Crippen molar-refractivity contribution >= 4 is 5.95 Å². The van der Waals surface area contributed by atoms with Crippen LogP contribution in [-0.2, 0) is 6.54 Å². The van der Waals surface area contributed by atoms with Gasteiger partial charge in [0.05, 0.1) is 7.11 Å². The molecule has 0 saturated carbocycles. The molecule has 1 atom stereocenters. The molecule has 21 heavy (non-hydrogen) atoms. The summed E-state index contributed by atoms with van der Waals surface area (Å²) in [5, 5.41) is 3.39. The number of anilines is 1. The summed E-state index contributed by atoms with van der Waals surface area (Å²) in [5.41, 5.74) is 1.36. The van der Waals surface area contributed by atoms with Crippen LogP contribution in [0.5, 0.6) is 5.88 Å². The zero-order chi connectivity index (χ0) is 14.5. The molecule has 110 valence electrons. The number of likely N-dealkylation sites (tertiary alicyclic amines) is 1. The van der Waals surface area contributed by atoms with Gasteiger partial charge in [-0.05, 0) is 12.0 Å². The van der Waals surface area contributed by atoms with E-state index in [1.165, 1.54) is 5.56 Å². The lowest BCUT2D eigenvalue weighted by Gasteiger charge is -2.16. The van der Waals surface area contributed by atoms with Crippen molar-refractivity contribution in [1.82, 2.24) is 14.9 Å². The number of nitrogens with zero attached hydrogens (tertiary/aromatic N) is 3. The van der Waals surface area contributed by atoms with Crippen LogP contribution in [0.15, 0.2) is 42.6 Å². The Kier molecular flexibility index (Phi) is 4.31. The summed E-state index contributed by atoms with van der Waals surface area (Å²) in [6.07, 6.45) is 2.82. The minimum Gasteiger partial charge on any atom is -0.481 e. The molecule has 0 spiro atoms. The summed E-state index contributed by atoms with van der Waals surface area (Å²) in [6, 6.07) is 12.7. The van der Waals surface area contributed by atoms with Crippen LogP contribution in [-0.4, -0.2) is 41.1 Å². The lowest BCUT2D eigenvalue weighted by molar-refractivity contribution is 0.328. The first-order valence-corrected chi connectivity index (χ1v) is 7.23. The summed E-state index contributed by atoms with van der Waals surface area (Å²) >= 11 is 0. The third-order valence-corrected chi connectivity index (χ3v) is 3.69. The Morgan fingerprint density at radius 1 is 1.29 bits per heavy atom. The first-order chi connectivity index (χ1) is 10.3. The van der Waals surface area contributed by atoms with E-state index < -0.39 is 0 Å². The predicted octanol–water partition coefficient (Wildman–Crippen LogP) is 2.17. The molecule has 1 unspecified atom stereocenters. The Morgan fingerprint density at radius 3 is 2.95 bits per heavy atom. The molecule has 3 rings (SSSR count). The van der Waals surface area contributed by atoms with Gasteiger partial charge in [-0.25, -0.2) is 4.98 Å². The van der Waals surface area contributed by atoms with Gasteiger partial charge in [0, 0.05) is 37.9 Å². The van der Waals surface area contributed by atoms with Gasteiger partial charge in [0.2, 0.25) is 11.8 Å². The van der Waals surface area contributed by atoms with Crippen LogP contribution >= 0.6 is 0 Å². The minimum absolute atomic E-state index is 0.390. The van der Waals surface area contributed by atoms with E-state index in [1.807, 2.05) is 0 Å². The summed E-state index contributed by atoms with van der Waals surface area (Å²) in [5.74, 6) is 1.23.